The van der Waals surface area contributed by atoms with Crippen LogP contribution in [-0.4, -0.2) is 5.78 Å². The van der Waals surface area contributed by atoms with E-state index in [1.807, 2.05) is 51.1 Å². The first kappa shape index (κ1) is 20.1. The van der Waals surface area contributed by atoms with Crippen molar-refractivity contribution < 1.29 is 13.6 Å². The van der Waals surface area contributed by atoms with Crippen LogP contribution >= 0.6 is 0 Å². The number of fused-ring (bicyclic) bond motifs is 1. The highest BCUT2D eigenvalue weighted by Gasteiger charge is 2.25. The normalized spacial score (nSPS) is 12.5. The van der Waals surface area contributed by atoms with Gasteiger partial charge in [0.2, 0.25) is 0 Å². The molecule has 28 heavy (non-hydrogen) atoms. The fourth-order valence-electron chi connectivity index (χ4n) is 3.17. The predicted octanol–water partition coefficient (Wildman–Crippen LogP) is 5.90. The van der Waals surface area contributed by atoms with Gasteiger partial charge in [0.25, 0.3) is 0 Å². The van der Waals surface area contributed by atoms with Gasteiger partial charge >= 0.3 is 5.63 Å². The van der Waals surface area contributed by atoms with Crippen molar-refractivity contribution in [2.45, 2.75) is 59.8 Å². The maximum Gasteiger partial charge on any atom is 0.343 e. The molecule has 4 heteroatoms. The number of benzene rings is 1. The van der Waals surface area contributed by atoms with Gasteiger partial charge in [0.1, 0.15) is 23.1 Å². The molecule has 2 heterocycles. The van der Waals surface area contributed by atoms with Crippen LogP contribution in [0.4, 0.5) is 0 Å². The Hall–Kier alpha value is -2.62. The minimum atomic E-state index is -0.429. The zero-order chi connectivity index (χ0) is 20.7. The van der Waals surface area contributed by atoms with E-state index in [4.69, 9.17) is 8.83 Å². The maximum absolute atomic E-state index is 12.5. The third kappa shape index (κ3) is 3.96. The van der Waals surface area contributed by atoms with E-state index < -0.39 is 5.41 Å². The van der Waals surface area contributed by atoms with Gasteiger partial charge in [-0.1, -0.05) is 59.7 Å². The second-order valence-electron chi connectivity index (χ2n) is 9.32. The summed E-state index contributed by atoms with van der Waals surface area (Å²) in [5.74, 6) is 2.14. The van der Waals surface area contributed by atoms with Crippen molar-refractivity contribution >= 4 is 16.6 Å². The van der Waals surface area contributed by atoms with Gasteiger partial charge in [-0.2, -0.15) is 0 Å². The number of carbonyl (C=O) groups excluding carboxylic acids is 1. The molecule has 3 rings (SSSR count). The van der Waals surface area contributed by atoms with Gasteiger partial charge in [0, 0.05) is 29.1 Å². The standard InChI is InChI=1S/C24H28O4/c1-23(2,3)19(25)13-11-18-21(17-12-14-20(27-17)24(4,5)6)15-9-7-8-10-16(15)22(26)28-18/h7-10,12,14H,11,13H2,1-6H3. The number of carbonyl (C=O) groups is 1. The van der Waals surface area contributed by atoms with Crippen LogP contribution in [0.25, 0.3) is 22.1 Å². The van der Waals surface area contributed by atoms with Gasteiger partial charge in [0.05, 0.1) is 10.9 Å². The van der Waals surface area contributed by atoms with Crippen molar-refractivity contribution in [3.8, 4) is 11.3 Å². The molecular formula is C24H28O4. The molecule has 0 spiro atoms. The second kappa shape index (κ2) is 7.08. The molecule has 0 fully saturated rings. The summed E-state index contributed by atoms with van der Waals surface area (Å²) in [5, 5.41) is 1.30. The Kier molecular flexibility index (Phi) is 5.09. The largest absolute Gasteiger partial charge is 0.460 e. The molecule has 0 aliphatic rings. The SMILES string of the molecule is CC(C)(C)C(=O)CCc1oc(=O)c2ccccc2c1-c1ccc(C(C)(C)C)o1. The average molecular weight is 380 g/mol. The number of hydrogen-bond acceptors (Lipinski definition) is 4. The van der Waals surface area contributed by atoms with Crippen molar-refractivity contribution in [3.05, 3.63) is 58.3 Å². The molecule has 2 aromatic heterocycles. The Labute approximate surface area is 165 Å². The lowest BCUT2D eigenvalue weighted by Gasteiger charge is -2.17. The highest BCUT2D eigenvalue weighted by atomic mass is 16.4. The first-order valence-corrected chi connectivity index (χ1v) is 9.67. The molecule has 4 nitrogen and oxygen atoms in total. The van der Waals surface area contributed by atoms with Crippen LogP contribution in [0.5, 0.6) is 0 Å². The predicted molar refractivity (Wildman–Crippen MR) is 112 cm³/mol. The van der Waals surface area contributed by atoms with Crippen LogP contribution in [-0.2, 0) is 16.6 Å². The van der Waals surface area contributed by atoms with Gasteiger partial charge < -0.3 is 8.83 Å². The van der Waals surface area contributed by atoms with Gasteiger partial charge in [-0.05, 0) is 18.2 Å². The van der Waals surface area contributed by atoms with Crippen molar-refractivity contribution in [1.29, 1.82) is 0 Å². The van der Waals surface area contributed by atoms with Crippen molar-refractivity contribution in [3.63, 3.8) is 0 Å². The quantitative estimate of drug-likeness (QED) is 0.565. The average Bonchev–Trinajstić information content (AvgIpc) is 3.09. The van der Waals surface area contributed by atoms with E-state index >= 15 is 0 Å². The molecule has 1 aromatic carbocycles. The van der Waals surface area contributed by atoms with E-state index in [1.165, 1.54) is 0 Å². The number of rotatable bonds is 4. The van der Waals surface area contributed by atoms with Crippen LogP contribution in [0.3, 0.4) is 0 Å². The number of hydrogen-bond donors (Lipinski definition) is 0. The summed E-state index contributed by atoms with van der Waals surface area (Å²) in [7, 11) is 0. The summed E-state index contributed by atoms with van der Waals surface area (Å²) >= 11 is 0. The summed E-state index contributed by atoms with van der Waals surface area (Å²) in [6, 6.07) is 11.2. The van der Waals surface area contributed by atoms with Gasteiger partial charge in [0.15, 0.2) is 0 Å². The minimum absolute atomic E-state index is 0.129. The van der Waals surface area contributed by atoms with Crippen LogP contribution in [0.15, 0.2) is 50.0 Å². The molecule has 0 saturated heterocycles. The maximum atomic E-state index is 12.5. The van der Waals surface area contributed by atoms with E-state index in [-0.39, 0.29) is 16.8 Å². The number of ketones is 1. The number of aryl methyl sites for hydroxylation is 1. The molecule has 0 radical (unpaired) electrons. The summed E-state index contributed by atoms with van der Waals surface area (Å²) in [5.41, 5.74) is -0.194. The second-order valence-corrected chi connectivity index (χ2v) is 9.32. The Morgan fingerprint density at radius 2 is 1.54 bits per heavy atom. The van der Waals surface area contributed by atoms with Gasteiger partial charge in [-0.3, -0.25) is 4.79 Å². The van der Waals surface area contributed by atoms with Crippen LogP contribution in [0.2, 0.25) is 0 Å². The summed E-state index contributed by atoms with van der Waals surface area (Å²) in [4.78, 5) is 24.9. The van der Waals surface area contributed by atoms with Gasteiger partial charge in [-0.25, -0.2) is 4.79 Å². The lowest BCUT2D eigenvalue weighted by Crippen LogP contribution is -2.20. The summed E-state index contributed by atoms with van der Waals surface area (Å²) in [6.45, 7) is 11.9. The van der Waals surface area contributed by atoms with Gasteiger partial charge in [-0.15, -0.1) is 0 Å². The van der Waals surface area contributed by atoms with E-state index in [0.29, 0.717) is 29.7 Å². The molecule has 0 saturated carbocycles. The highest BCUT2D eigenvalue weighted by molar-refractivity contribution is 5.95. The van der Waals surface area contributed by atoms with Crippen LogP contribution < -0.4 is 5.63 Å². The van der Waals surface area contributed by atoms with Crippen molar-refractivity contribution in [2.24, 2.45) is 5.41 Å². The molecule has 0 aliphatic carbocycles. The number of Topliss-reactive ketones (excluding diaryl/α,β-unsaturated/α-hetero) is 1. The molecule has 0 N–H and O–H groups in total. The molecule has 0 atom stereocenters. The topological polar surface area (TPSA) is 60.4 Å². The minimum Gasteiger partial charge on any atom is -0.460 e. The molecular weight excluding hydrogens is 352 g/mol. The van der Waals surface area contributed by atoms with E-state index in [1.54, 1.807) is 6.07 Å². The van der Waals surface area contributed by atoms with E-state index in [0.717, 1.165) is 16.7 Å². The molecule has 0 amide bonds. The Bertz CT molecular complexity index is 1070. The van der Waals surface area contributed by atoms with E-state index in [2.05, 4.69) is 20.8 Å². The summed E-state index contributed by atoms with van der Waals surface area (Å²) in [6.07, 6.45) is 0.668. The Balaban J connectivity index is 2.15. The number of furan rings is 1. The molecule has 0 unspecified atom stereocenters. The first-order valence-electron chi connectivity index (χ1n) is 9.67. The fraction of sp³-hybridized carbons (Fsp3) is 0.417. The fourth-order valence-corrected chi connectivity index (χ4v) is 3.17. The zero-order valence-corrected chi connectivity index (χ0v) is 17.5. The molecule has 0 aliphatic heterocycles. The smallest absolute Gasteiger partial charge is 0.343 e. The van der Waals surface area contributed by atoms with Crippen LogP contribution in [0, 0.1) is 5.41 Å². The Morgan fingerprint density at radius 1 is 0.893 bits per heavy atom. The van der Waals surface area contributed by atoms with E-state index in [9.17, 15) is 9.59 Å². The first-order chi connectivity index (χ1) is 13.0. The Morgan fingerprint density at radius 3 is 2.11 bits per heavy atom. The van der Waals surface area contributed by atoms with Crippen molar-refractivity contribution in [2.75, 3.05) is 0 Å². The van der Waals surface area contributed by atoms with Crippen molar-refractivity contribution in [1.82, 2.24) is 0 Å². The molecule has 0 bridgehead atoms. The lowest BCUT2D eigenvalue weighted by atomic mass is 9.87. The highest BCUT2D eigenvalue weighted by Crippen LogP contribution is 2.35. The summed E-state index contributed by atoms with van der Waals surface area (Å²) < 4.78 is 11.8. The van der Waals surface area contributed by atoms with Crippen LogP contribution in [0.1, 0.15) is 59.5 Å². The zero-order valence-electron chi connectivity index (χ0n) is 17.5. The monoisotopic (exact) mass is 380 g/mol. The molecule has 148 valence electrons. The lowest BCUT2D eigenvalue weighted by molar-refractivity contribution is -0.126. The third-order valence-electron chi connectivity index (χ3n) is 4.92. The third-order valence-corrected chi connectivity index (χ3v) is 4.92. The molecule has 3 aromatic rings.